The molecule has 4 rings (SSSR count). The number of rotatable bonds is 6. The van der Waals surface area contributed by atoms with Crippen molar-refractivity contribution in [3.8, 4) is 0 Å². The first-order chi connectivity index (χ1) is 15.6. The maximum Gasteiger partial charge on any atom is 0.193 e. The van der Waals surface area contributed by atoms with E-state index in [2.05, 4.69) is 74.2 Å². The highest BCUT2D eigenvalue weighted by Gasteiger charge is 2.36. The highest BCUT2D eigenvalue weighted by molar-refractivity contribution is 5.80. The van der Waals surface area contributed by atoms with Crippen molar-refractivity contribution in [1.29, 1.82) is 0 Å². The summed E-state index contributed by atoms with van der Waals surface area (Å²) in [4.78, 5) is 15.0. The molecule has 1 aromatic rings. The Morgan fingerprint density at radius 2 is 1.84 bits per heavy atom. The Morgan fingerprint density at radius 1 is 1.06 bits per heavy atom. The molecule has 3 saturated heterocycles. The number of fused-ring (bicyclic) bond motifs is 1. The third-order valence-electron chi connectivity index (χ3n) is 7.70. The van der Waals surface area contributed by atoms with Gasteiger partial charge in [0.25, 0.3) is 0 Å². The molecule has 3 unspecified atom stereocenters. The van der Waals surface area contributed by atoms with E-state index in [0.717, 1.165) is 44.1 Å². The normalized spacial score (nSPS) is 27.2. The second-order valence-electron chi connectivity index (χ2n) is 10.3. The van der Waals surface area contributed by atoms with Gasteiger partial charge in [0.1, 0.15) is 0 Å². The molecule has 0 saturated carbocycles. The first-order valence-corrected chi connectivity index (χ1v) is 12.8. The molecule has 6 nitrogen and oxygen atoms in total. The van der Waals surface area contributed by atoms with Crippen LogP contribution in [0.5, 0.6) is 0 Å². The average molecular weight is 441 g/mol. The molecule has 0 bridgehead atoms. The largest absolute Gasteiger partial charge is 0.356 e. The van der Waals surface area contributed by atoms with Crippen LogP contribution in [-0.2, 0) is 6.54 Å². The Balaban J connectivity index is 1.25. The minimum atomic E-state index is 0.628. The third kappa shape index (κ3) is 6.24. The van der Waals surface area contributed by atoms with E-state index >= 15 is 0 Å². The van der Waals surface area contributed by atoms with Crippen LogP contribution in [0, 0.1) is 11.8 Å². The van der Waals surface area contributed by atoms with E-state index in [4.69, 9.17) is 0 Å². The van der Waals surface area contributed by atoms with Gasteiger partial charge >= 0.3 is 0 Å². The van der Waals surface area contributed by atoms with Gasteiger partial charge in [-0.1, -0.05) is 37.3 Å². The molecule has 32 heavy (non-hydrogen) atoms. The molecule has 3 aliphatic rings. The summed E-state index contributed by atoms with van der Waals surface area (Å²) in [5.74, 6) is 2.49. The molecule has 3 heterocycles. The van der Waals surface area contributed by atoms with Gasteiger partial charge in [-0.15, -0.1) is 0 Å². The molecule has 6 heteroatoms. The lowest BCUT2D eigenvalue weighted by atomic mass is 9.83. The molecule has 3 atom stereocenters. The van der Waals surface area contributed by atoms with Crippen molar-refractivity contribution in [2.24, 2.45) is 16.8 Å². The zero-order valence-corrected chi connectivity index (χ0v) is 20.5. The maximum absolute atomic E-state index is 4.66. The van der Waals surface area contributed by atoms with Crippen molar-refractivity contribution in [1.82, 2.24) is 24.9 Å². The van der Waals surface area contributed by atoms with E-state index in [1.165, 1.54) is 64.1 Å². The number of likely N-dealkylation sites (N-methyl/N-ethyl adjacent to an activating group) is 1. The van der Waals surface area contributed by atoms with Gasteiger partial charge in [0, 0.05) is 72.0 Å². The van der Waals surface area contributed by atoms with Crippen LogP contribution in [0.1, 0.15) is 31.7 Å². The highest BCUT2D eigenvalue weighted by atomic mass is 15.3. The van der Waals surface area contributed by atoms with Gasteiger partial charge in [0.05, 0.1) is 0 Å². The van der Waals surface area contributed by atoms with Crippen LogP contribution in [0.2, 0.25) is 0 Å². The van der Waals surface area contributed by atoms with Crippen molar-refractivity contribution in [3.63, 3.8) is 0 Å². The Bertz CT molecular complexity index is 714. The molecule has 0 spiro atoms. The second kappa shape index (κ2) is 11.5. The van der Waals surface area contributed by atoms with Crippen LogP contribution in [0.4, 0.5) is 0 Å². The number of aliphatic imine (C=N–C) groups is 1. The first-order valence-electron chi connectivity index (χ1n) is 12.8. The minimum Gasteiger partial charge on any atom is -0.356 e. The van der Waals surface area contributed by atoms with Gasteiger partial charge in [-0.2, -0.15) is 0 Å². The molecule has 1 aromatic carbocycles. The molecule has 1 N–H and O–H groups in total. The van der Waals surface area contributed by atoms with E-state index in [-0.39, 0.29) is 0 Å². The fraction of sp³-hybridized carbons (Fsp3) is 0.731. The van der Waals surface area contributed by atoms with Gasteiger partial charge in [0.2, 0.25) is 0 Å². The van der Waals surface area contributed by atoms with Gasteiger partial charge in [-0.25, -0.2) is 0 Å². The molecule has 3 fully saturated rings. The van der Waals surface area contributed by atoms with Crippen molar-refractivity contribution >= 4 is 5.96 Å². The predicted octanol–water partition coefficient (Wildman–Crippen LogP) is 2.43. The zero-order chi connectivity index (χ0) is 22.3. The van der Waals surface area contributed by atoms with Gasteiger partial charge in [0.15, 0.2) is 5.96 Å². The molecule has 3 aliphatic heterocycles. The number of piperidine rings is 2. The van der Waals surface area contributed by atoms with Crippen LogP contribution in [0.15, 0.2) is 35.3 Å². The van der Waals surface area contributed by atoms with E-state index < -0.39 is 0 Å². The van der Waals surface area contributed by atoms with E-state index in [9.17, 15) is 0 Å². The molecule has 178 valence electrons. The number of likely N-dealkylation sites (tertiary alicyclic amines) is 2. The first kappa shape index (κ1) is 23.5. The maximum atomic E-state index is 4.66. The van der Waals surface area contributed by atoms with Crippen LogP contribution in [0.3, 0.4) is 0 Å². The summed E-state index contributed by atoms with van der Waals surface area (Å²) >= 11 is 0. The topological polar surface area (TPSA) is 37.4 Å². The van der Waals surface area contributed by atoms with Crippen molar-refractivity contribution in [2.75, 3.05) is 73.0 Å². The minimum absolute atomic E-state index is 0.628. The quantitative estimate of drug-likeness (QED) is 0.543. The second-order valence-corrected chi connectivity index (χ2v) is 10.3. The average Bonchev–Trinajstić information content (AvgIpc) is 2.82. The third-order valence-corrected chi connectivity index (χ3v) is 7.70. The Hall–Kier alpha value is -1.63. The van der Waals surface area contributed by atoms with Crippen LogP contribution >= 0.6 is 0 Å². The van der Waals surface area contributed by atoms with Crippen LogP contribution < -0.4 is 5.32 Å². The number of hydrogen-bond donors (Lipinski definition) is 1. The predicted molar refractivity (Wildman–Crippen MR) is 134 cm³/mol. The van der Waals surface area contributed by atoms with Gasteiger partial charge in [-0.05, 0) is 50.3 Å². The molecule has 0 aliphatic carbocycles. The number of nitrogens with zero attached hydrogens (tertiary/aromatic N) is 5. The lowest BCUT2D eigenvalue weighted by Gasteiger charge is -2.48. The number of benzene rings is 1. The van der Waals surface area contributed by atoms with Crippen LogP contribution in [-0.4, -0.2) is 105 Å². The number of nitrogens with one attached hydrogen (secondary N) is 1. The number of piperazine rings is 1. The molecular weight excluding hydrogens is 396 g/mol. The number of guanidine groups is 1. The summed E-state index contributed by atoms with van der Waals surface area (Å²) in [6.45, 7) is 13.9. The lowest BCUT2D eigenvalue weighted by molar-refractivity contribution is 0.0371. The van der Waals surface area contributed by atoms with Crippen molar-refractivity contribution in [2.45, 2.75) is 38.8 Å². The fourth-order valence-corrected chi connectivity index (χ4v) is 5.85. The van der Waals surface area contributed by atoms with E-state index in [1.807, 2.05) is 7.05 Å². The monoisotopic (exact) mass is 440 g/mol. The summed E-state index contributed by atoms with van der Waals surface area (Å²) in [5.41, 5.74) is 1.45. The summed E-state index contributed by atoms with van der Waals surface area (Å²) < 4.78 is 0. The van der Waals surface area contributed by atoms with E-state index in [1.54, 1.807) is 0 Å². The zero-order valence-electron chi connectivity index (χ0n) is 20.5. The van der Waals surface area contributed by atoms with Crippen LogP contribution in [0.25, 0.3) is 0 Å². The smallest absolute Gasteiger partial charge is 0.193 e. The van der Waals surface area contributed by atoms with Gasteiger partial charge in [-0.3, -0.25) is 9.89 Å². The Kier molecular flexibility index (Phi) is 8.44. The summed E-state index contributed by atoms with van der Waals surface area (Å²) in [6, 6.07) is 11.7. The Labute approximate surface area is 195 Å². The fourth-order valence-electron chi connectivity index (χ4n) is 5.85. The molecule has 0 radical (unpaired) electrons. The summed E-state index contributed by atoms with van der Waals surface area (Å²) in [7, 11) is 4.17. The highest BCUT2D eigenvalue weighted by Crippen LogP contribution is 2.31. The number of hydrogen-bond acceptors (Lipinski definition) is 4. The molecule has 0 amide bonds. The molecular formula is C26H44N6. The van der Waals surface area contributed by atoms with Crippen molar-refractivity contribution in [3.05, 3.63) is 35.9 Å². The summed E-state index contributed by atoms with van der Waals surface area (Å²) in [6.07, 6.45) is 3.91. The lowest BCUT2D eigenvalue weighted by Crippen LogP contribution is -2.57. The Morgan fingerprint density at radius 3 is 2.59 bits per heavy atom. The van der Waals surface area contributed by atoms with Crippen molar-refractivity contribution < 1.29 is 0 Å². The SMILES string of the molecule is CN=C(NCC(C)CN1CCN(C)CC1)N1CCC2C(CCCN2Cc2ccccc2)C1. The standard InChI is InChI=1S/C26H44N6/c1-22(19-30-16-14-29(3)15-17-30)18-28-26(27-2)32-13-11-25-24(21-32)10-7-12-31(25)20-23-8-5-4-6-9-23/h4-6,8-9,22,24-25H,7,10-21H2,1-3H3,(H,27,28). The van der Waals surface area contributed by atoms with Gasteiger partial charge < -0.3 is 20.0 Å². The molecule has 0 aromatic heterocycles. The summed E-state index contributed by atoms with van der Waals surface area (Å²) in [5, 5.41) is 3.71. The van der Waals surface area contributed by atoms with E-state index in [0.29, 0.717) is 5.92 Å².